The molecule has 0 radical (unpaired) electrons. The maximum absolute atomic E-state index is 11.2. The van der Waals surface area contributed by atoms with Crippen LogP contribution in [0.25, 0.3) is 0 Å². The highest BCUT2D eigenvalue weighted by molar-refractivity contribution is 7.93. The molecule has 1 saturated heterocycles. The van der Waals surface area contributed by atoms with Crippen LogP contribution in [0.15, 0.2) is 23.3 Å². The molecule has 90 valence electrons. The number of nitrogens with two attached hydrogens (primary N) is 1. The lowest BCUT2D eigenvalue weighted by Gasteiger charge is -2.19. The second-order valence-electron chi connectivity index (χ2n) is 3.97. The number of primary sulfonamides is 1. The number of fused-ring (bicyclic) bond motifs is 1. The average Bonchev–Trinajstić information content (AvgIpc) is 2.84. The first kappa shape index (κ1) is 11.6. The van der Waals surface area contributed by atoms with Gasteiger partial charge in [-0.15, -0.1) is 0 Å². The number of rotatable bonds is 3. The fraction of sp³-hybridized carbons (Fsp3) is 0.556. The molecule has 3 atom stereocenters. The molecule has 1 fully saturated rings. The van der Waals surface area contributed by atoms with Crippen molar-refractivity contribution in [1.82, 2.24) is 4.90 Å². The summed E-state index contributed by atoms with van der Waals surface area (Å²) in [5, 5.41) is 14.3. The van der Waals surface area contributed by atoms with E-state index in [0.717, 1.165) is 0 Å². The predicted molar refractivity (Wildman–Crippen MR) is 57.4 cm³/mol. The van der Waals surface area contributed by atoms with Crippen LogP contribution in [0, 0.1) is 0 Å². The third kappa shape index (κ3) is 2.43. The van der Waals surface area contributed by atoms with Gasteiger partial charge >= 0.3 is 0 Å². The largest absolute Gasteiger partial charge is 0.392 e. The zero-order valence-electron chi connectivity index (χ0n) is 8.78. The topological polar surface area (TPSA) is 96.2 Å². The first-order chi connectivity index (χ1) is 7.38. The number of β-amino-alcohol motifs (C(OH)–C–C–N with tert-alkyl or cyclic N) is 1. The van der Waals surface area contributed by atoms with Crippen LogP contribution in [0.4, 0.5) is 0 Å². The quantitative estimate of drug-likeness (QED) is 0.629. The summed E-state index contributed by atoms with van der Waals surface area (Å²) in [7, 11) is -3.73. The standard InChI is InChI=1S/C9H14N2O4S/c1-6(12)4-11-5-7(16(10,13)14)2-3-8-9(11)15-8/h2-3,5-6,8-9,12H,4H2,1H3,(H2,10,13,14)/t6-,8?,9?/m1/s1. The van der Waals surface area contributed by atoms with E-state index in [4.69, 9.17) is 9.88 Å². The van der Waals surface area contributed by atoms with Gasteiger partial charge in [-0.3, -0.25) is 0 Å². The van der Waals surface area contributed by atoms with Gasteiger partial charge in [-0.2, -0.15) is 0 Å². The molecule has 16 heavy (non-hydrogen) atoms. The molecule has 0 aromatic heterocycles. The number of nitrogens with zero attached hydrogens (tertiary/aromatic N) is 1. The van der Waals surface area contributed by atoms with Gasteiger partial charge in [-0.1, -0.05) is 0 Å². The summed E-state index contributed by atoms with van der Waals surface area (Å²) in [5.74, 6) is 0. The Bertz CT molecular complexity index is 440. The number of sulfonamides is 1. The second kappa shape index (κ2) is 3.85. The Morgan fingerprint density at radius 2 is 2.38 bits per heavy atom. The van der Waals surface area contributed by atoms with E-state index >= 15 is 0 Å². The van der Waals surface area contributed by atoms with E-state index in [1.165, 1.54) is 12.3 Å². The van der Waals surface area contributed by atoms with E-state index in [9.17, 15) is 13.5 Å². The van der Waals surface area contributed by atoms with Crippen LogP contribution in [-0.4, -0.2) is 43.4 Å². The molecule has 0 amide bonds. The van der Waals surface area contributed by atoms with Crippen molar-refractivity contribution in [1.29, 1.82) is 0 Å². The highest BCUT2D eigenvalue weighted by Crippen LogP contribution is 2.31. The van der Waals surface area contributed by atoms with Gasteiger partial charge < -0.3 is 14.7 Å². The van der Waals surface area contributed by atoms with Crippen LogP contribution in [0.2, 0.25) is 0 Å². The van der Waals surface area contributed by atoms with Crippen LogP contribution in [0.5, 0.6) is 0 Å². The first-order valence-electron chi connectivity index (χ1n) is 4.90. The van der Waals surface area contributed by atoms with Crippen LogP contribution in [-0.2, 0) is 14.8 Å². The van der Waals surface area contributed by atoms with Crippen LogP contribution < -0.4 is 5.14 Å². The molecular weight excluding hydrogens is 232 g/mol. The van der Waals surface area contributed by atoms with Gasteiger partial charge in [0.1, 0.15) is 6.10 Å². The number of aliphatic hydroxyl groups excluding tert-OH is 1. The maximum atomic E-state index is 11.2. The monoisotopic (exact) mass is 246 g/mol. The summed E-state index contributed by atoms with van der Waals surface area (Å²) in [6, 6.07) is 0. The van der Waals surface area contributed by atoms with Crippen molar-refractivity contribution in [2.45, 2.75) is 25.4 Å². The van der Waals surface area contributed by atoms with Crippen LogP contribution >= 0.6 is 0 Å². The molecule has 2 aliphatic heterocycles. The Morgan fingerprint density at radius 1 is 1.69 bits per heavy atom. The number of hydrogen-bond donors (Lipinski definition) is 2. The minimum absolute atomic E-state index is 0.0314. The van der Waals surface area contributed by atoms with Gasteiger partial charge in [0, 0.05) is 12.7 Å². The third-order valence-electron chi connectivity index (χ3n) is 2.37. The summed E-state index contributed by atoms with van der Waals surface area (Å²) in [6.45, 7) is 1.93. The van der Waals surface area contributed by atoms with Crippen molar-refractivity contribution in [2.24, 2.45) is 5.14 Å². The molecule has 2 heterocycles. The van der Waals surface area contributed by atoms with Gasteiger partial charge in [0.25, 0.3) is 0 Å². The lowest BCUT2D eigenvalue weighted by Crippen LogP contribution is -2.30. The second-order valence-corrected chi connectivity index (χ2v) is 5.53. The average molecular weight is 246 g/mol. The third-order valence-corrected chi connectivity index (χ3v) is 3.27. The van der Waals surface area contributed by atoms with Crippen LogP contribution in [0.3, 0.4) is 0 Å². The van der Waals surface area contributed by atoms with E-state index < -0.39 is 16.1 Å². The lowest BCUT2D eigenvalue weighted by atomic mass is 10.3. The number of epoxide rings is 1. The number of allylic oxidation sites excluding steroid dienone is 1. The van der Waals surface area contributed by atoms with Gasteiger partial charge in [-0.05, 0) is 19.1 Å². The predicted octanol–water partition coefficient (Wildman–Crippen LogP) is -0.906. The van der Waals surface area contributed by atoms with Gasteiger partial charge in [0.15, 0.2) is 6.23 Å². The Hall–Kier alpha value is -0.890. The van der Waals surface area contributed by atoms with Gasteiger partial charge in [0.05, 0.1) is 11.0 Å². The van der Waals surface area contributed by atoms with Gasteiger partial charge in [-0.25, -0.2) is 13.6 Å². The number of ether oxygens (including phenoxy) is 1. The molecule has 2 rings (SSSR count). The van der Waals surface area contributed by atoms with E-state index in [1.807, 2.05) is 0 Å². The molecule has 0 spiro atoms. The number of aliphatic hydroxyl groups is 1. The molecule has 7 heteroatoms. The summed E-state index contributed by atoms with van der Waals surface area (Å²) in [4.78, 5) is 1.68. The molecule has 3 N–H and O–H groups in total. The fourth-order valence-corrected chi connectivity index (χ4v) is 2.17. The molecule has 0 saturated carbocycles. The zero-order chi connectivity index (χ0) is 11.9. The Kier molecular flexibility index (Phi) is 2.79. The van der Waals surface area contributed by atoms with Crippen molar-refractivity contribution >= 4 is 10.0 Å². The molecule has 0 aliphatic carbocycles. The normalized spacial score (nSPS) is 30.4. The summed E-state index contributed by atoms with van der Waals surface area (Å²) in [5.41, 5.74) is 0. The summed E-state index contributed by atoms with van der Waals surface area (Å²) < 4.78 is 27.7. The van der Waals surface area contributed by atoms with Crippen molar-refractivity contribution in [2.75, 3.05) is 6.54 Å². The highest BCUT2D eigenvalue weighted by atomic mass is 32.2. The maximum Gasteiger partial charge on any atom is 0.239 e. The molecule has 2 unspecified atom stereocenters. The van der Waals surface area contributed by atoms with E-state index in [-0.39, 0.29) is 17.2 Å². The van der Waals surface area contributed by atoms with E-state index in [0.29, 0.717) is 6.54 Å². The van der Waals surface area contributed by atoms with Crippen LogP contribution in [0.1, 0.15) is 6.92 Å². The SMILES string of the molecule is C[C@@H](O)CN1C=C(S(N)(=O)=O)C=CC2OC21. The molecular formula is C9H14N2O4S. The van der Waals surface area contributed by atoms with Crippen molar-refractivity contribution in [3.8, 4) is 0 Å². The molecule has 0 aromatic carbocycles. The molecule has 6 nitrogen and oxygen atoms in total. The van der Waals surface area contributed by atoms with Crippen molar-refractivity contribution in [3.63, 3.8) is 0 Å². The molecule has 2 aliphatic rings. The lowest BCUT2D eigenvalue weighted by molar-refractivity contribution is 0.125. The molecule has 0 aromatic rings. The summed E-state index contributed by atoms with van der Waals surface area (Å²) >= 11 is 0. The zero-order valence-corrected chi connectivity index (χ0v) is 9.59. The summed E-state index contributed by atoms with van der Waals surface area (Å²) in [6.07, 6.45) is 3.63. The molecule has 0 bridgehead atoms. The minimum Gasteiger partial charge on any atom is -0.392 e. The highest BCUT2D eigenvalue weighted by Gasteiger charge is 2.42. The van der Waals surface area contributed by atoms with Crippen molar-refractivity contribution < 1.29 is 18.3 Å². The fourth-order valence-electron chi connectivity index (χ4n) is 1.62. The Labute approximate surface area is 94.0 Å². The van der Waals surface area contributed by atoms with Gasteiger partial charge in [0.2, 0.25) is 10.0 Å². The smallest absolute Gasteiger partial charge is 0.239 e. The number of hydrogen-bond acceptors (Lipinski definition) is 5. The van der Waals surface area contributed by atoms with E-state index in [2.05, 4.69) is 0 Å². The Balaban J connectivity index is 2.25. The van der Waals surface area contributed by atoms with Crippen molar-refractivity contribution in [3.05, 3.63) is 23.3 Å². The minimum atomic E-state index is -3.73. The first-order valence-corrected chi connectivity index (χ1v) is 6.44. The Morgan fingerprint density at radius 3 is 2.94 bits per heavy atom. The van der Waals surface area contributed by atoms with E-state index in [1.54, 1.807) is 17.9 Å².